The number of hydrogen-bond donors (Lipinski definition) is 1. The van der Waals surface area contributed by atoms with Crippen LogP contribution >= 0.6 is 0 Å². The van der Waals surface area contributed by atoms with Crippen molar-refractivity contribution in [2.45, 2.75) is 44.9 Å². The lowest BCUT2D eigenvalue weighted by molar-refractivity contribution is 0.0697. The highest BCUT2D eigenvalue weighted by Gasteiger charge is 2.15. The second-order valence-electron chi connectivity index (χ2n) is 5.64. The van der Waals surface area contributed by atoms with Gasteiger partial charge in [-0.25, -0.2) is 9.78 Å². The van der Waals surface area contributed by atoms with Gasteiger partial charge >= 0.3 is 5.97 Å². The molecule has 2 aromatic rings. The summed E-state index contributed by atoms with van der Waals surface area (Å²) in [6, 6.07) is 4.82. The molecule has 4 heteroatoms. The van der Waals surface area contributed by atoms with E-state index < -0.39 is 5.97 Å². The highest BCUT2D eigenvalue weighted by Crippen LogP contribution is 2.28. The zero-order valence-electron chi connectivity index (χ0n) is 11.5. The number of carboxylic acids is 1. The topological polar surface area (TPSA) is 63.3 Å². The van der Waals surface area contributed by atoms with Gasteiger partial charge < -0.3 is 9.52 Å². The first-order chi connectivity index (χ1) is 9.72. The van der Waals surface area contributed by atoms with Crippen molar-refractivity contribution in [2.24, 2.45) is 5.92 Å². The van der Waals surface area contributed by atoms with Crippen LogP contribution < -0.4 is 0 Å². The number of carbonyl (C=O) groups is 1. The first kappa shape index (κ1) is 13.2. The maximum atomic E-state index is 10.9. The molecule has 0 atom stereocenters. The van der Waals surface area contributed by atoms with Gasteiger partial charge in [0, 0.05) is 6.42 Å². The maximum Gasteiger partial charge on any atom is 0.335 e. The number of hydrogen-bond acceptors (Lipinski definition) is 3. The molecule has 1 aliphatic rings. The number of nitrogens with zero attached hydrogens (tertiary/aromatic N) is 1. The van der Waals surface area contributed by atoms with Gasteiger partial charge in [0.15, 0.2) is 11.5 Å². The molecular weight excluding hydrogens is 254 g/mol. The molecule has 106 valence electrons. The average molecular weight is 273 g/mol. The summed E-state index contributed by atoms with van der Waals surface area (Å²) in [7, 11) is 0. The van der Waals surface area contributed by atoms with Crippen molar-refractivity contribution in [3.63, 3.8) is 0 Å². The van der Waals surface area contributed by atoms with E-state index in [1.807, 2.05) is 0 Å². The summed E-state index contributed by atoms with van der Waals surface area (Å²) >= 11 is 0. The summed E-state index contributed by atoms with van der Waals surface area (Å²) in [5.41, 5.74) is 1.57. The molecular formula is C16H19NO3. The van der Waals surface area contributed by atoms with Crippen LogP contribution in [0, 0.1) is 5.92 Å². The molecule has 1 N–H and O–H groups in total. The van der Waals surface area contributed by atoms with Gasteiger partial charge in [-0.3, -0.25) is 0 Å². The van der Waals surface area contributed by atoms with Crippen molar-refractivity contribution in [3.05, 3.63) is 29.7 Å². The minimum Gasteiger partial charge on any atom is -0.478 e. The Hall–Kier alpha value is -1.84. The van der Waals surface area contributed by atoms with E-state index in [9.17, 15) is 4.79 Å². The zero-order chi connectivity index (χ0) is 13.9. The zero-order valence-corrected chi connectivity index (χ0v) is 11.5. The molecule has 0 radical (unpaired) electrons. The molecule has 1 aliphatic carbocycles. The van der Waals surface area contributed by atoms with E-state index in [1.54, 1.807) is 18.2 Å². The predicted molar refractivity (Wildman–Crippen MR) is 75.9 cm³/mol. The summed E-state index contributed by atoms with van der Waals surface area (Å²) in [4.78, 5) is 15.3. The van der Waals surface area contributed by atoms with Gasteiger partial charge in [-0.15, -0.1) is 0 Å². The quantitative estimate of drug-likeness (QED) is 0.913. The Bertz CT molecular complexity index is 611. The Balaban J connectivity index is 1.70. The smallest absolute Gasteiger partial charge is 0.335 e. The lowest BCUT2D eigenvalue weighted by Crippen LogP contribution is -2.07. The Labute approximate surface area is 117 Å². The van der Waals surface area contributed by atoms with Crippen LogP contribution in [0.4, 0.5) is 0 Å². The minimum absolute atomic E-state index is 0.254. The van der Waals surface area contributed by atoms with E-state index in [2.05, 4.69) is 4.98 Å². The molecule has 0 saturated heterocycles. The summed E-state index contributed by atoms with van der Waals surface area (Å²) in [5, 5.41) is 8.97. The summed E-state index contributed by atoms with van der Waals surface area (Å²) in [5.74, 6) is 0.597. The number of carboxylic acid groups (broad SMARTS) is 1. The van der Waals surface area contributed by atoms with Crippen LogP contribution in [0.15, 0.2) is 22.6 Å². The average Bonchev–Trinajstić information content (AvgIpc) is 2.88. The molecule has 0 aliphatic heterocycles. The molecule has 20 heavy (non-hydrogen) atoms. The highest BCUT2D eigenvalue weighted by molar-refractivity contribution is 5.91. The van der Waals surface area contributed by atoms with Crippen molar-refractivity contribution in [2.75, 3.05) is 0 Å². The number of aromatic nitrogens is 1. The Morgan fingerprint density at radius 3 is 2.85 bits per heavy atom. The van der Waals surface area contributed by atoms with Gasteiger partial charge in [-0.1, -0.05) is 32.1 Å². The van der Waals surface area contributed by atoms with Crippen LogP contribution in [-0.2, 0) is 6.42 Å². The Morgan fingerprint density at radius 1 is 1.30 bits per heavy atom. The summed E-state index contributed by atoms with van der Waals surface area (Å²) in [6.07, 6.45) is 8.69. The predicted octanol–water partition coefficient (Wildman–Crippen LogP) is 4.04. The van der Waals surface area contributed by atoms with Crippen LogP contribution in [-0.4, -0.2) is 16.1 Å². The normalized spacial score (nSPS) is 16.6. The molecule has 1 heterocycles. The lowest BCUT2D eigenvalue weighted by atomic mass is 9.86. The third kappa shape index (κ3) is 2.84. The van der Waals surface area contributed by atoms with E-state index >= 15 is 0 Å². The lowest BCUT2D eigenvalue weighted by Gasteiger charge is -2.20. The second-order valence-corrected chi connectivity index (χ2v) is 5.64. The van der Waals surface area contributed by atoms with Crippen molar-refractivity contribution < 1.29 is 14.3 Å². The van der Waals surface area contributed by atoms with E-state index in [0.29, 0.717) is 11.1 Å². The van der Waals surface area contributed by atoms with Crippen LogP contribution in [0.5, 0.6) is 0 Å². The van der Waals surface area contributed by atoms with E-state index in [-0.39, 0.29) is 5.56 Å². The van der Waals surface area contributed by atoms with Gasteiger partial charge in [0.1, 0.15) is 5.52 Å². The standard InChI is InChI=1S/C16H19NO3/c18-16(19)12-7-8-14-13(10-12)17-15(20-14)9-6-11-4-2-1-3-5-11/h7-8,10-11H,1-6,9H2,(H,18,19). The molecule has 3 rings (SSSR count). The van der Waals surface area contributed by atoms with Crippen molar-refractivity contribution in [1.29, 1.82) is 0 Å². The van der Waals surface area contributed by atoms with Gasteiger partial charge in [-0.05, 0) is 30.5 Å². The number of fused-ring (bicyclic) bond motifs is 1. The third-order valence-corrected chi connectivity index (χ3v) is 4.17. The minimum atomic E-state index is -0.932. The van der Waals surface area contributed by atoms with Gasteiger partial charge in [0.05, 0.1) is 5.56 Å². The van der Waals surface area contributed by atoms with Crippen LogP contribution in [0.3, 0.4) is 0 Å². The SMILES string of the molecule is O=C(O)c1ccc2oc(CCC3CCCCC3)nc2c1. The van der Waals surface area contributed by atoms with Crippen molar-refractivity contribution >= 4 is 17.1 Å². The van der Waals surface area contributed by atoms with Gasteiger partial charge in [0.25, 0.3) is 0 Å². The Kier molecular flexibility index (Phi) is 3.72. The largest absolute Gasteiger partial charge is 0.478 e. The van der Waals surface area contributed by atoms with Crippen LogP contribution in [0.2, 0.25) is 0 Å². The molecule has 0 bridgehead atoms. The van der Waals surface area contributed by atoms with E-state index in [4.69, 9.17) is 9.52 Å². The molecule has 1 fully saturated rings. The number of oxazole rings is 1. The molecule has 1 aromatic carbocycles. The monoisotopic (exact) mass is 273 g/mol. The van der Waals surface area contributed by atoms with Crippen molar-refractivity contribution in [3.8, 4) is 0 Å². The van der Waals surface area contributed by atoms with Gasteiger partial charge in [-0.2, -0.15) is 0 Å². The molecule has 1 saturated carbocycles. The first-order valence-corrected chi connectivity index (χ1v) is 7.35. The highest BCUT2D eigenvalue weighted by atomic mass is 16.4. The second kappa shape index (κ2) is 5.65. The molecule has 1 aromatic heterocycles. The number of aromatic carboxylic acids is 1. The van der Waals surface area contributed by atoms with E-state index in [1.165, 1.54) is 32.1 Å². The fraction of sp³-hybridized carbons (Fsp3) is 0.500. The van der Waals surface area contributed by atoms with Gasteiger partial charge in [0.2, 0.25) is 0 Å². The molecule has 0 unspecified atom stereocenters. The summed E-state index contributed by atoms with van der Waals surface area (Å²) < 4.78 is 5.69. The fourth-order valence-electron chi connectivity index (χ4n) is 3.02. The first-order valence-electron chi connectivity index (χ1n) is 7.35. The van der Waals surface area contributed by atoms with Crippen LogP contribution in [0.25, 0.3) is 11.1 Å². The molecule has 0 amide bonds. The molecule has 0 spiro atoms. The van der Waals surface area contributed by atoms with Crippen LogP contribution in [0.1, 0.15) is 54.8 Å². The van der Waals surface area contributed by atoms with E-state index in [0.717, 1.165) is 24.7 Å². The Morgan fingerprint density at radius 2 is 2.10 bits per heavy atom. The third-order valence-electron chi connectivity index (χ3n) is 4.17. The maximum absolute atomic E-state index is 10.9. The van der Waals surface area contributed by atoms with Crippen molar-refractivity contribution in [1.82, 2.24) is 4.98 Å². The number of aryl methyl sites for hydroxylation is 1. The number of benzene rings is 1. The number of rotatable bonds is 4. The molecule has 4 nitrogen and oxygen atoms in total. The fourth-order valence-corrected chi connectivity index (χ4v) is 3.02. The summed E-state index contributed by atoms with van der Waals surface area (Å²) in [6.45, 7) is 0.